The second-order valence-electron chi connectivity index (χ2n) is 5.51. The van der Waals surface area contributed by atoms with Gasteiger partial charge >= 0.3 is 9.84 Å². The second kappa shape index (κ2) is 8.52. The Balaban J connectivity index is 2.49. The highest BCUT2D eigenvalue weighted by Crippen LogP contribution is 2.10. The summed E-state index contributed by atoms with van der Waals surface area (Å²) in [7, 11) is -0.253. The average Bonchev–Trinajstić information content (AvgIpc) is 2.34. The van der Waals surface area contributed by atoms with Gasteiger partial charge in [0.2, 0.25) is 0 Å². The summed E-state index contributed by atoms with van der Waals surface area (Å²) in [4.78, 5) is 0. The lowest BCUT2D eigenvalue weighted by molar-refractivity contribution is -0.391. The van der Waals surface area contributed by atoms with Gasteiger partial charge in [0.1, 0.15) is 6.54 Å². The van der Waals surface area contributed by atoms with Gasteiger partial charge in [-0.25, -0.2) is 0 Å². The van der Waals surface area contributed by atoms with Gasteiger partial charge in [0, 0.05) is 31.7 Å². The summed E-state index contributed by atoms with van der Waals surface area (Å²) >= 11 is 0. The fourth-order valence-electron chi connectivity index (χ4n) is 2.51. The monoisotopic (exact) mass is 267 g/mol. The zero-order chi connectivity index (χ0) is 13.4. The Kier molecular flexibility index (Phi) is 7.33. The maximum absolute atomic E-state index is 2.68. The van der Waals surface area contributed by atoms with Crippen LogP contribution in [0.25, 0.3) is 0 Å². The van der Waals surface area contributed by atoms with Crippen molar-refractivity contribution < 1.29 is 4.24 Å². The molecule has 1 aliphatic rings. The minimum Gasteiger partial charge on any atom is -0.352 e. The quantitative estimate of drug-likeness (QED) is 0.484. The van der Waals surface area contributed by atoms with Crippen molar-refractivity contribution in [3.05, 3.63) is 11.8 Å². The molecule has 0 aromatic rings. The third kappa shape index (κ3) is 4.97. The van der Waals surface area contributed by atoms with Crippen molar-refractivity contribution in [2.24, 2.45) is 0 Å². The summed E-state index contributed by atoms with van der Waals surface area (Å²) in [5, 5.41) is 0. The molecule has 0 amide bonds. The first-order chi connectivity index (χ1) is 8.69. The summed E-state index contributed by atoms with van der Waals surface area (Å²) in [6.45, 7) is 11.7. The maximum atomic E-state index is 2.68. The van der Waals surface area contributed by atoms with E-state index in [1.54, 1.807) is 0 Å². The van der Waals surface area contributed by atoms with Crippen LogP contribution in [0.3, 0.4) is 0 Å². The van der Waals surface area contributed by atoms with E-state index in [0.29, 0.717) is 0 Å². The Labute approximate surface area is 116 Å². The molecule has 0 bridgehead atoms. The number of rotatable bonds is 8. The smallest absolute Gasteiger partial charge is 0.352 e. The Morgan fingerprint density at radius 1 is 1.06 bits per heavy atom. The van der Waals surface area contributed by atoms with Crippen LogP contribution in [0.2, 0.25) is 0 Å². The van der Waals surface area contributed by atoms with Gasteiger partial charge in [-0.3, -0.25) is 4.24 Å². The molecule has 0 spiro atoms. The lowest BCUT2D eigenvalue weighted by Gasteiger charge is -2.27. The lowest BCUT2D eigenvalue weighted by atomic mass is 10.2. The van der Waals surface area contributed by atoms with Gasteiger partial charge in [-0.1, -0.05) is 33.1 Å². The molecule has 104 valence electrons. The predicted octanol–water partition coefficient (Wildman–Crippen LogP) is 3.06. The van der Waals surface area contributed by atoms with Crippen molar-refractivity contribution in [2.75, 3.05) is 13.1 Å². The van der Waals surface area contributed by atoms with Crippen molar-refractivity contribution in [1.29, 1.82) is 0 Å². The normalized spacial score (nSPS) is 17.6. The fraction of sp³-hybridized carbons (Fsp3) is 0.800. The van der Waals surface area contributed by atoms with Crippen molar-refractivity contribution >= 4 is 15.6 Å². The zero-order valence-corrected chi connectivity index (χ0v) is 14.2. The number of allylic oxidation sites excluding steroid dienone is 2. The van der Waals surface area contributed by atoms with Crippen LogP contribution in [0.1, 0.15) is 66.2 Å². The summed E-state index contributed by atoms with van der Waals surface area (Å²) in [6.07, 6.45) is 10.5. The number of hydrogen-bond acceptors (Lipinski definition) is 1. The first-order valence-corrected chi connectivity index (χ1v) is 8.97. The lowest BCUT2D eigenvalue weighted by Crippen LogP contribution is -2.41. The van der Waals surface area contributed by atoms with Crippen molar-refractivity contribution in [3.8, 4) is 0 Å². The molecule has 0 aliphatic carbocycles. The molecule has 1 heterocycles. The highest BCUT2D eigenvalue weighted by atomic mass is 28.2. The van der Waals surface area contributed by atoms with E-state index in [2.05, 4.69) is 42.6 Å². The molecule has 0 fully saturated rings. The molecule has 1 rings (SSSR count). The van der Waals surface area contributed by atoms with Crippen molar-refractivity contribution in [2.45, 2.75) is 66.2 Å². The standard InChI is InChI=1S/C15H31N2Si/c1-5-7-9-11-16-14(3)13-15(4)17(18-16)12-10-8-6-2/h13H,5-12,18H2,1-4H3/q+1. The van der Waals surface area contributed by atoms with Crippen molar-refractivity contribution in [1.82, 2.24) is 4.57 Å². The Morgan fingerprint density at radius 2 is 1.72 bits per heavy atom. The molecule has 1 aliphatic heterocycles. The van der Waals surface area contributed by atoms with E-state index >= 15 is 0 Å². The first kappa shape index (κ1) is 15.5. The molecule has 0 saturated carbocycles. The van der Waals surface area contributed by atoms with Gasteiger partial charge in [-0.05, 0) is 19.8 Å². The zero-order valence-electron chi connectivity index (χ0n) is 12.8. The van der Waals surface area contributed by atoms with Gasteiger partial charge in [0.25, 0.3) is 0 Å². The van der Waals surface area contributed by atoms with Gasteiger partial charge in [-0.15, -0.1) is 0 Å². The minimum atomic E-state index is -0.253. The fourth-order valence-corrected chi connectivity index (χ4v) is 4.28. The number of unbranched alkanes of at least 4 members (excludes halogenated alkanes) is 4. The van der Waals surface area contributed by atoms with Crippen LogP contribution in [-0.2, 0) is 0 Å². The molecular formula is C15H31N2Si+. The SMILES string of the molecule is CCCCCN1[SiH2][N+](CCCCC)=C(C)C=C1C. The molecule has 18 heavy (non-hydrogen) atoms. The molecular weight excluding hydrogens is 236 g/mol. The van der Waals surface area contributed by atoms with Crippen LogP contribution < -0.4 is 0 Å². The van der Waals surface area contributed by atoms with E-state index in [9.17, 15) is 0 Å². The van der Waals surface area contributed by atoms with Gasteiger partial charge < -0.3 is 4.57 Å². The highest BCUT2D eigenvalue weighted by molar-refractivity contribution is 6.25. The van der Waals surface area contributed by atoms with E-state index in [-0.39, 0.29) is 9.84 Å². The van der Waals surface area contributed by atoms with E-state index < -0.39 is 0 Å². The second-order valence-corrected chi connectivity index (χ2v) is 7.32. The Hall–Kier alpha value is -0.573. The third-order valence-corrected chi connectivity index (χ3v) is 6.13. The van der Waals surface area contributed by atoms with Crippen LogP contribution >= 0.6 is 0 Å². The molecule has 2 nitrogen and oxygen atoms in total. The van der Waals surface area contributed by atoms with E-state index in [0.717, 1.165) is 0 Å². The molecule has 0 aromatic carbocycles. The van der Waals surface area contributed by atoms with Crippen LogP contribution in [0.4, 0.5) is 0 Å². The van der Waals surface area contributed by atoms with Crippen LogP contribution in [0.5, 0.6) is 0 Å². The summed E-state index contributed by atoms with van der Waals surface area (Å²) in [5.74, 6) is 0. The van der Waals surface area contributed by atoms with Crippen LogP contribution in [0, 0.1) is 0 Å². The maximum Gasteiger partial charge on any atom is 0.442 e. The minimum absolute atomic E-state index is 0.253. The van der Waals surface area contributed by atoms with Gasteiger partial charge in [0.05, 0.1) is 0 Å². The Morgan fingerprint density at radius 3 is 2.39 bits per heavy atom. The molecule has 0 saturated heterocycles. The number of nitrogens with zero attached hydrogens (tertiary/aromatic N) is 2. The van der Waals surface area contributed by atoms with E-state index in [4.69, 9.17) is 0 Å². The predicted molar refractivity (Wildman–Crippen MR) is 83.9 cm³/mol. The molecule has 0 N–H and O–H groups in total. The summed E-state index contributed by atoms with van der Waals surface area (Å²) in [6, 6.07) is 0. The molecule has 0 radical (unpaired) electrons. The van der Waals surface area contributed by atoms with Crippen molar-refractivity contribution in [3.63, 3.8) is 0 Å². The third-order valence-electron chi connectivity index (χ3n) is 3.82. The molecule has 0 unspecified atom stereocenters. The van der Waals surface area contributed by atoms with E-state index in [1.807, 2.05) is 0 Å². The first-order valence-electron chi connectivity index (χ1n) is 7.70. The topological polar surface area (TPSA) is 6.25 Å². The van der Waals surface area contributed by atoms with E-state index in [1.165, 1.54) is 63.0 Å². The largest absolute Gasteiger partial charge is 0.442 e. The van der Waals surface area contributed by atoms with Crippen LogP contribution in [0.15, 0.2) is 11.8 Å². The van der Waals surface area contributed by atoms with Gasteiger partial charge in [-0.2, -0.15) is 0 Å². The number of hydrogen-bond donors (Lipinski definition) is 0. The van der Waals surface area contributed by atoms with Crippen LogP contribution in [-0.4, -0.2) is 37.5 Å². The molecule has 3 heteroatoms. The average molecular weight is 268 g/mol. The summed E-state index contributed by atoms with van der Waals surface area (Å²) in [5.41, 5.74) is 3.00. The summed E-state index contributed by atoms with van der Waals surface area (Å²) < 4.78 is 5.35. The van der Waals surface area contributed by atoms with Gasteiger partial charge in [0.15, 0.2) is 5.71 Å². The Bertz CT molecular complexity index is 308. The molecule has 0 aromatic heterocycles. The highest BCUT2D eigenvalue weighted by Gasteiger charge is 2.21. The molecule has 0 atom stereocenters.